The quantitative estimate of drug-likeness (QED) is 0.395. The van der Waals surface area contributed by atoms with Crippen LogP contribution in [0, 0.1) is 6.92 Å². The molecular formula is C24H22Cl2N4O3. The normalized spacial score (nSPS) is 14.0. The van der Waals surface area contributed by atoms with Crippen LogP contribution in [0.4, 0.5) is 0 Å². The number of imide groups is 1. The molecule has 170 valence electrons. The van der Waals surface area contributed by atoms with Crippen LogP contribution in [0.3, 0.4) is 0 Å². The molecule has 1 aromatic carbocycles. The maximum atomic E-state index is 13.6. The van der Waals surface area contributed by atoms with Gasteiger partial charge in [-0.05, 0) is 49.9 Å². The molecule has 2 aromatic heterocycles. The Kier molecular flexibility index (Phi) is 6.28. The van der Waals surface area contributed by atoms with Crippen LogP contribution in [0.25, 0.3) is 17.0 Å². The van der Waals surface area contributed by atoms with Crippen LogP contribution < -0.4 is 9.67 Å². The zero-order valence-corrected chi connectivity index (χ0v) is 19.9. The highest BCUT2D eigenvalue weighted by molar-refractivity contribution is 6.45. The Bertz CT molecular complexity index is 1310. The Morgan fingerprint density at radius 1 is 1.09 bits per heavy atom. The molecule has 0 atom stereocenters. The number of benzene rings is 1. The van der Waals surface area contributed by atoms with Crippen molar-refractivity contribution < 1.29 is 19.3 Å². The molecule has 2 amide bonds. The van der Waals surface area contributed by atoms with Crippen LogP contribution in [0.1, 0.15) is 37.1 Å². The molecule has 7 nitrogen and oxygen atoms in total. The topological polar surface area (TPSA) is 82.1 Å². The molecule has 3 aromatic rings. The van der Waals surface area contributed by atoms with Gasteiger partial charge in [-0.15, -0.1) is 0 Å². The van der Waals surface area contributed by atoms with Gasteiger partial charge in [-0.2, -0.15) is 9.67 Å². The fraction of sp³-hybridized carbons (Fsp3) is 0.250. The minimum absolute atomic E-state index is 0.0669. The average molecular weight is 485 g/mol. The molecule has 3 heterocycles. The summed E-state index contributed by atoms with van der Waals surface area (Å²) in [6, 6.07) is 8.42. The minimum atomic E-state index is -0.495. The van der Waals surface area contributed by atoms with E-state index in [1.807, 2.05) is 26.8 Å². The van der Waals surface area contributed by atoms with Crippen molar-refractivity contribution in [3.8, 4) is 11.6 Å². The van der Waals surface area contributed by atoms with E-state index < -0.39 is 17.7 Å². The van der Waals surface area contributed by atoms with Crippen molar-refractivity contribution in [2.75, 3.05) is 6.54 Å². The molecular weight excluding hydrogens is 463 g/mol. The third kappa shape index (κ3) is 3.92. The van der Waals surface area contributed by atoms with E-state index in [0.29, 0.717) is 29.2 Å². The van der Waals surface area contributed by atoms with Gasteiger partial charge in [0.25, 0.3) is 11.6 Å². The van der Waals surface area contributed by atoms with E-state index >= 15 is 0 Å². The van der Waals surface area contributed by atoms with Gasteiger partial charge < -0.3 is 5.11 Å². The number of carbonyl (C=O) groups is 2. The van der Waals surface area contributed by atoms with E-state index in [9.17, 15) is 14.7 Å². The van der Waals surface area contributed by atoms with Crippen LogP contribution in [0.15, 0.2) is 42.7 Å². The molecule has 0 N–H and O–H groups in total. The van der Waals surface area contributed by atoms with Crippen LogP contribution in [0.2, 0.25) is 10.0 Å². The molecule has 0 aliphatic carbocycles. The number of aryl methyl sites for hydroxylation is 2. The third-order valence-electron chi connectivity index (χ3n) is 5.45. The zero-order chi connectivity index (χ0) is 23.9. The number of carbonyl (C=O) groups excluding carboxylic acids is 2. The molecule has 0 bridgehead atoms. The van der Waals surface area contributed by atoms with Crippen molar-refractivity contribution >= 4 is 46.3 Å². The van der Waals surface area contributed by atoms with Gasteiger partial charge in [0.1, 0.15) is 5.57 Å². The summed E-state index contributed by atoms with van der Waals surface area (Å²) in [6.45, 7) is 5.88. The number of rotatable bonds is 6. The second-order valence-electron chi connectivity index (χ2n) is 7.76. The lowest BCUT2D eigenvalue weighted by atomic mass is 10.0. The largest absolute Gasteiger partial charge is 0.858 e. The first kappa shape index (κ1) is 23.0. The molecule has 0 saturated heterocycles. The standard InChI is InChI=1S/C24H22Cl2N4O3/c1-4-10-29-22(31)20(21(24(29)33)28-11-6-7-14(3)13-28)19-18(5-2)27-30(23(19)32)15-8-9-16(25)17(26)12-15/h6-9,11-13H,4-5,10H2,1-3H3. The van der Waals surface area contributed by atoms with Crippen molar-refractivity contribution in [2.24, 2.45) is 0 Å². The van der Waals surface area contributed by atoms with Gasteiger partial charge >= 0.3 is 5.91 Å². The van der Waals surface area contributed by atoms with Crippen LogP contribution in [0.5, 0.6) is 5.88 Å². The lowest BCUT2D eigenvalue weighted by Gasteiger charge is -2.15. The van der Waals surface area contributed by atoms with Crippen LogP contribution in [-0.2, 0) is 16.0 Å². The van der Waals surface area contributed by atoms with Gasteiger partial charge in [-0.1, -0.05) is 37.0 Å². The molecule has 0 spiro atoms. The first-order valence-electron chi connectivity index (χ1n) is 10.6. The molecule has 0 unspecified atom stereocenters. The minimum Gasteiger partial charge on any atom is -0.858 e. The molecule has 1 aliphatic rings. The molecule has 1 aliphatic heterocycles. The van der Waals surface area contributed by atoms with Gasteiger partial charge in [0, 0.05) is 23.7 Å². The van der Waals surface area contributed by atoms with Gasteiger partial charge in [-0.3, -0.25) is 14.5 Å². The Morgan fingerprint density at radius 2 is 1.85 bits per heavy atom. The molecule has 4 rings (SSSR count). The summed E-state index contributed by atoms with van der Waals surface area (Å²) in [5.74, 6) is -1.42. The third-order valence-corrected chi connectivity index (χ3v) is 6.18. The molecule has 0 radical (unpaired) electrons. The highest BCUT2D eigenvalue weighted by atomic mass is 35.5. The predicted molar refractivity (Wildman–Crippen MR) is 124 cm³/mol. The lowest BCUT2D eigenvalue weighted by Crippen LogP contribution is -2.40. The predicted octanol–water partition coefficient (Wildman–Crippen LogP) is 3.56. The summed E-state index contributed by atoms with van der Waals surface area (Å²) in [4.78, 5) is 28.0. The van der Waals surface area contributed by atoms with Gasteiger partial charge in [0.2, 0.25) is 0 Å². The van der Waals surface area contributed by atoms with Crippen molar-refractivity contribution in [1.29, 1.82) is 0 Å². The highest BCUT2D eigenvalue weighted by Crippen LogP contribution is 2.37. The fourth-order valence-electron chi connectivity index (χ4n) is 3.92. The second-order valence-corrected chi connectivity index (χ2v) is 8.58. The van der Waals surface area contributed by atoms with E-state index in [2.05, 4.69) is 5.10 Å². The summed E-state index contributed by atoms with van der Waals surface area (Å²) in [5, 5.41) is 18.7. The SMILES string of the molecule is CCCN1C(=O)C(c2c(CC)nn(-c3ccc(Cl)c(Cl)c3)c2[O-])=C([n+]2cccc(C)c2)C1=O. The van der Waals surface area contributed by atoms with Gasteiger partial charge in [0.15, 0.2) is 12.4 Å². The van der Waals surface area contributed by atoms with E-state index in [1.54, 1.807) is 35.2 Å². The maximum absolute atomic E-state index is 13.6. The fourth-order valence-corrected chi connectivity index (χ4v) is 4.22. The first-order valence-corrected chi connectivity index (χ1v) is 11.4. The smallest absolute Gasteiger partial charge is 0.326 e. The summed E-state index contributed by atoms with van der Waals surface area (Å²) in [5.41, 5.74) is 2.09. The second kappa shape index (κ2) is 9.00. The summed E-state index contributed by atoms with van der Waals surface area (Å²) in [6.07, 6.45) is 4.45. The highest BCUT2D eigenvalue weighted by Gasteiger charge is 2.46. The summed E-state index contributed by atoms with van der Waals surface area (Å²) < 4.78 is 2.80. The Labute approximate surface area is 201 Å². The number of halogens is 2. The molecule has 33 heavy (non-hydrogen) atoms. The first-order chi connectivity index (χ1) is 15.8. The van der Waals surface area contributed by atoms with Crippen molar-refractivity contribution in [3.05, 3.63) is 69.6 Å². The van der Waals surface area contributed by atoms with Crippen LogP contribution >= 0.6 is 23.2 Å². The molecule has 9 heteroatoms. The van der Waals surface area contributed by atoms with E-state index in [0.717, 1.165) is 5.56 Å². The number of aromatic nitrogens is 3. The van der Waals surface area contributed by atoms with Gasteiger partial charge in [-0.25, -0.2) is 4.68 Å². The molecule has 0 fully saturated rings. The number of hydrogen-bond donors (Lipinski definition) is 0. The Hall–Kier alpha value is -3.16. The number of hydrogen-bond acceptors (Lipinski definition) is 4. The average Bonchev–Trinajstić information content (AvgIpc) is 3.24. The summed E-state index contributed by atoms with van der Waals surface area (Å²) >= 11 is 12.2. The Balaban J connectivity index is 1.99. The van der Waals surface area contributed by atoms with E-state index in [4.69, 9.17) is 23.2 Å². The van der Waals surface area contributed by atoms with Crippen molar-refractivity contribution in [1.82, 2.24) is 14.7 Å². The number of pyridine rings is 1. The van der Waals surface area contributed by atoms with Crippen molar-refractivity contribution in [3.63, 3.8) is 0 Å². The summed E-state index contributed by atoms with van der Waals surface area (Å²) in [7, 11) is 0. The monoisotopic (exact) mass is 484 g/mol. The van der Waals surface area contributed by atoms with E-state index in [1.165, 1.54) is 15.6 Å². The van der Waals surface area contributed by atoms with E-state index in [-0.39, 0.29) is 28.4 Å². The maximum Gasteiger partial charge on any atom is 0.326 e. The van der Waals surface area contributed by atoms with Gasteiger partial charge in [0.05, 0.1) is 21.4 Å². The number of amides is 2. The lowest BCUT2D eigenvalue weighted by molar-refractivity contribution is -0.577. The molecule has 0 saturated carbocycles. The van der Waals surface area contributed by atoms with Crippen molar-refractivity contribution in [2.45, 2.75) is 33.6 Å². The zero-order valence-electron chi connectivity index (χ0n) is 18.4. The number of nitrogens with zero attached hydrogens (tertiary/aromatic N) is 4. The Morgan fingerprint density at radius 3 is 2.48 bits per heavy atom. The van der Waals surface area contributed by atoms with Crippen LogP contribution in [-0.4, -0.2) is 33.0 Å².